The van der Waals surface area contributed by atoms with E-state index in [0.29, 0.717) is 16.5 Å². The van der Waals surface area contributed by atoms with Gasteiger partial charge >= 0.3 is 0 Å². The number of rotatable bonds is 4. The van der Waals surface area contributed by atoms with Crippen molar-refractivity contribution in [3.8, 4) is 0 Å². The standard InChI is InChI=1S/C17H16ClFN2OS/c18-14-10-11(19)7-8-15(14)21-16(22)13-6-3-9-20-17(13)23-12-4-1-2-5-12/h3,6-10,12H,1-2,4-5H2,(H,21,22). The van der Waals surface area contributed by atoms with E-state index in [1.807, 2.05) is 0 Å². The van der Waals surface area contributed by atoms with Crippen molar-refractivity contribution >= 4 is 35.0 Å². The molecule has 0 bridgehead atoms. The van der Waals surface area contributed by atoms with E-state index in [4.69, 9.17) is 11.6 Å². The quantitative estimate of drug-likeness (QED) is 0.828. The maximum absolute atomic E-state index is 13.1. The number of halogens is 2. The third kappa shape index (κ3) is 4.03. The molecule has 1 amide bonds. The summed E-state index contributed by atoms with van der Waals surface area (Å²) in [6.07, 6.45) is 6.48. The average molecular weight is 351 g/mol. The molecule has 3 nitrogen and oxygen atoms in total. The second-order valence-electron chi connectivity index (χ2n) is 5.46. The molecule has 1 aromatic carbocycles. The summed E-state index contributed by atoms with van der Waals surface area (Å²) in [5, 5.41) is 4.15. The monoisotopic (exact) mass is 350 g/mol. The molecule has 0 unspecified atom stereocenters. The molecule has 0 atom stereocenters. The van der Waals surface area contributed by atoms with Crippen LogP contribution in [0, 0.1) is 5.82 Å². The highest BCUT2D eigenvalue weighted by molar-refractivity contribution is 7.99. The van der Waals surface area contributed by atoms with E-state index in [9.17, 15) is 9.18 Å². The first-order valence-corrected chi connectivity index (χ1v) is 8.77. The fourth-order valence-electron chi connectivity index (χ4n) is 2.60. The van der Waals surface area contributed by atoms with Gasteiger partial charge in [-0.15, -0.1) is 11.8 Å². The number of hydrogen-bond acceptors (Lipinski definition) is 3. The Balaban J connectivity index is 1.78. The predicted octanol–water partition coefficient (Wildman–Crippen LogP) is 5.16. The van der Waals surface area contributed by atoms with E-state index >= 15 is 0 Å². The zero-order valence-corrected chi connectivity index (χ0v) is 14.0. The summed E-state index contributed by atoms with van der Waals surface area (Å²) < 4.78 is 13.1. The topological polar surface area (TPSA) is 42.0 Å². The Morgan fingerprint density at radius 2 is 2.09 bits per heavy atom. The minimum Gasteiger partial charge on any atom is -0.321 e. The van der Waals surface area contributed by atoms with Crippen LogP contribution < -0.4 is 5.32 Å². The summed E-state index contributed by atoms with van der Waals surface area (Å²) in [5.74, 6) is -0.723. The van der Waals surface area contributed by atoms with Crippen LogP contribution in [0.2, 0.25) is 5.02 Å². The van der Waals surface area contributed by atoms with E-state index in [1.54, 1.807) is 30.1 Å². The van der Waals surface area contributed by atoms with Crippen molar-refractivity contribution in [3.63, 3.8) is 0 Å². The van der Waals surface area contributed by atoms with Gasteiger partial charge in [-0.05, 0) is 43.2 Å². The maximum Gasteiger partial charge on any atom is 0.258 e. The fourth-order valence-corrected chi connectivity index (χ4v) is 4.11. The average Bonchev–Trinajstić information content (AvgIpc) is 3.03. The SMILES string of the molecule is O=C(Nc1ccc(F)cc1Cl)c1cccnc1SC1CCCC1. The Morgan fingerprint density at radius 1 is 1.30 bits per heavy atom. The molecule has 0 saturated heterocycles. The zero-order chi connectivity index (χ0) is 16.2. The van der Waals surface area contributed by atoms with E-state index < -0.39 is 5.82 Å². The first-order chi connectivity index (χ1) is 11.1. The number of thioether (sulfide) groups is 1. The lowest BCUT2D eigenvalue weighted by atomic mass is 10.2. The Kier molecular flexibility index (Phi) is 5.18. The van der Waals surface area contributed by atoms with Crippen molar-refractivity contribution in [2.24, 2.45) is 0 Å². The summed E-state index contributed by atoms with van der Waals surface area (Å²) in [6, 6.07) is 7.38. The normalized spacial score (nSPS) is 14.9. The molecule has 0 spiro atoms. The molecule has 3 rings (SSSR count). The Labute approximate surface area is 143 Å². The van der Waals surface area contributed by atoms with Crippen molar-refractivity contribution in [1.29, 1.82) is 0 Å². The van der Waals surface area contributed by atoms with E-state index in [1.165, 1.54) is 31.0 Å². The summed E-state index contributed by atoms with van der Waals surface area (Å²) in [4.78, 5) is 16.9. The van der Waals surface area contributed by atoms with Gasteiger partial charge in [0.05, 0.1) is 16.3 Å². The van der Waals surface area contributed by atoms with E-state index in [2.05, 4.69) is 10.3 Å². The molecular formula is C17H16ClFN2OS. The van der Waals surface area contributed by atoms with Gasteiger partial charge in [0.2, 0.25) is 0 Å². The number of aromatic nitrogens is 1. The number of carbonyl (C=O) groups excluding carboxylic acids is 1. The highest BCUT2D eigenvalue weighted by atomic mass is 35.5. The highest BCUT2D eigenvalue weighted by Crippen LogP contribution is 2.35. The van der Waals surface area contributed by atoms with E-state index in [-0.39, 0.29) is 10.9 Å². The van der Waals surface area contributed by atoms with Gasteiger partial charge in [-0.1, -0.05) is 24.4 Å². The molecule has 23 heavy (non-hydrogen) atoms. The zero-order valence-electron chi connectivity index (χ0n) is 12.4. The Morgan fingerprint density at radius 3 is 2.83 bits per heavy atom. The molecule has 1 saturated carbocycles. The number of anilines is 1. The molecular weight excluding hydrogens is 335 g/mol. The lowest BCUT2D eigenvalue weighted by Gasteiger charge is -2.12. The fraction of sp³-hybridized carbons (Fsp3) is 0.294. The minimum atomic E-state index is -0.438. The summed E-state index contributed by atoms with van der Waals surface area (Å²) >= 11 is 7.62. The number of benzene rings is 1. The van der Waals surface area contributed by atoms with Crippen molar-refractivity contribution < 1.29 is 9.18 Å². The molecule has 1 heterocycles. The molecule has 0 aliphatic heterocycles. The summed E-state index contributed by atoms with van der Waals surface area (Å²) in [7, 11) is 0. The summed E-state index contributed by atoms with van der Waals surface area (Å²) in [5.41, 5.74) is 0.906. The molecule has 1 aliphatic carbocycles. The smallest absolute Gasteiger partial charge is 0.258 e. The predicted molar refractivity (Wildman–Crippen MR) is 91.7 cm³/mol. The van der Waals surface area contributed by atoms with Gasteiger partial charge in [0.25, 0.3) is 5.91 Å². The van der Waals surface area contributed by atoms with Crippen molar-refractivity contribution in [3.05, 3.63) is 52.9 Å². The van der Waals surface area contributed by atoms with E-state index in [0.717, 1.165) is 17.9 Å². The van der Waals surface area contributed by atoms with Crippen LogP contribution in [0.25, 0.3) is 0 Å². The van der Waals surface area contributed by atoms with Crippen LogP contribution in [0.3, 0.4) is 0 Å². The number of pyridine rings is 1. The van der Waals surface area contributed by atoms with Crippen LogP contribution in [-0.4, -0.2) is 16.1 Å². The largest absolute Gasteiger partial charge is 0.321 e. The van der Waals surface area contributed by atoms with Gasteiger partial charge in [0.1, 0.15) is 10.8 Å². The molecule has 2 aromatic rings. The van der Waals surface area contributed by atoms with Gasteiger partial charge < -0.3 is 5.32 Å². The first kappa shape index (κ1) is 16.3. The summed E-state index contributed by atoms with van der Waals surface area (Å²) in [6.45, 7) is 0. The van der Waals surface area contributed by atoms with Crippen LogP contribution in [0.4, 0.5) is 10.1 Å². The van der Waals surface area contributed by atoms with Gasteiger partial charge in [0, 0.05) is 11.4 Å². The van der Waals surface area contributed by atoms with Gasteiger partial charge in [-0.2, -0.15) is 0 Å². The number of nitrogens with zero attached hydrogens (tertiary/aromatic N) is 1. The van der Waals surface area contributed by atoms with Gasteiger partial charge in [0.15, 0.2) is 0 Å². The second kappa shape index (κ2) is 7.32. The maximum atomic E-state index is 13.1. The Bertz CT molecular complexity index is 719. The molecule has 1 aromatic heterocycles. The van der Waals surface area contributed by atoms with Gasteiger partial charge in [-0.25, -0.2) is 9.37 Å². The van der Waals surface area contributed by atoms with Crippen LogP contribution in [0.15, 0.2) is 41.6 Å². The van der Waals surface area contributed by atoms with Crippen LogP contribution in [-0.2, 0) is 0 Å². The molecule has 1 aliphatic rings. The third-order valence-corrected chi connectivity index (χ3v) is 5.44. The minimum absolute atomic E-state index is 0.173. The van der Waals surface area contributed by atoms with Crippen LogP contribution in [0.1, 0.15) is 36.0 Å². The number of amides is 1. The molecule has 1 fully saturated rings. The van der Waals surface area contributed by atoms with Crippen LogP contribution >= 0.6 is 23.4 Å². The first-order valence-electron chi connectivity index (χ1n) is 7.51. The lowest BCUT2D eigenvalue weighted by molar-refractivity contribution is 0.102. The Hall–Kier alpha value is -1.59. The number of nitrogens with one attached hydrogen (secondary N) is 1. The number of hydrogen-bond donors (Lipinski definition) is 1. The lowest BCUT2D eigenvalue weighted by Crippen LogP contribution is -2.14. The number of carbonyl (C=O) groups is 1. The van der Waals surface area contributed by atoms with Gasteiger partial charge in [-0.3, -0.25) is 4.79 Å². The van der Waals surface area contributed by atoms with Crippen molar-refractivity contribution in [2.75, 3.05) is 5.32 Å². The highest BCUT2D eigenvalue weighted by Gasteiger charge is 2.21. The third-order valence-electron chi connectivity index (χ3n) is 3.78. The molecule has 6 heteroatoms. The second-order valence-corrected chi connectivity index (χ2v) is 7.15. The molecule has 1 N–H and O–H groups in total. The van der Waals surface area contributed by atoms with Crippen LogP contribution in [0.5, 0.6) is 0 Å². The molecule has 0 radical (unpaired) electrons. The van der Waals surface area contributed by atoms with Crippen molar-refractivity contribution in [2.45, 2.75) is 36.0 Å². The molecule has 120 valence electrons. The van der Waals surface area contributed by atoms with Crippen molar-refractivity contribution in [1.82, 2.24) is 4.98 Å².